The first-order valence-electron chi connectivity index (χ1n) is 15.0. The molecule has 0 saturated heterocycles. The lowest BCUT2D eigenvalue weighted by Gasteiger charge is -2.22. The van der Waals surface area contributed by atoms with Crippen LogP contribution in [0.1, 0.15) is 54.4 Å². The average molecular weight is 644 g/mol. The average Bonchev–Trinajstić information content (AvgIpc) is 2.94. The molecule has 1 rings (SSSR count). The summed E-state index contributed by atoms with van der Waals surface area (Å²) in [7, 11) is 3.30. The maximum atomic E-state index is 12.4. The molecule has 1 unspecified atom stereocenters. The van der Waals surface area contributed by atoms with Gasteiger partial charge in [0.05, 0.1) is 46.1 Å². The normalized spacial score (nSPS) is 12.5. The molecule has 12 heteroatoms. The molecule has 0 saturated carbocycles. The molecule has 0 bridgehead atoms. The number of hydrogen-bond acceptors (Lipinski definition) is 10. The van der Waals surface area contributed by atoms with E-state index in [9.17, 15) is 9.59 Å². The van der Waals surface area contributed by atoms with Crippen LogP contribution in [0, 0.1) is 0 Å². The molecule has 246 valence electrons. The molecule has 0 aliphatic carbocycles. The molecule has 3 N–H and O–H groups in total. The van der Waals surface area contributed by atoms with Crippen molar-refractivity contribution < 1.29 is 33.3 Å². The Balaban J connectivity index is 2.38. The Morgan fingerprint density at radius 3 is 2.42 bits per heavy atom. The van der Waals surface area contributed by atoms with E-state index in [2.05, 4.69) is 50.6 Å². The zero-order chi connectivity index (χ0) is 31.8. The van der Waals surface area contributed by atoms with Crippen LogP contribution < -0.4 is 20.7 Å². The van der Waals surface area contributed by atoms with Crippen molar-refractivity contribution >= 4 is 39.1 Å². The van der Waals surface area contributed by atoms with Crippen molar-refractivity contribution in [3.05, 3.63) is 36.4 Å². The Kier molecular flexibility index (Phi) is 22.4. The van der Waals surface area contributed by atoms with E-state index in [-0.39, 0.29) is 35.0 Å². The molecular formula is C31H53N3O7S2. The van der Waals surface area contributed by atoms with Gasteiger partial charge in [-0.3, -0.25) is 9.59 Å². The lowest BCUT2D eigenvalue weighted by atomic mass is 10.3. The van der Waals surface area contributed by atoms with Gasteiger partial charge >= 0.3 is 0 Å². The smallest absolute Gasteiger partial charge is 0.246 e. The zero-order valence-electron chi connectivity index (χ0n) is 26.8. The lowest BCUT2D eigenvalue weighted by molar-refractivity contribution is -0.126. The van der Waals surface area contributed by atoms with Crippen LogP contribution in [-0.4, -0.2) is 94.0 Å². The first-order valence-corrected chi connectivity index (χ1v) is 17.2. The van der Waals surface area contributed by atoms with Gasteiger partial charge in [-0.15, -0.1) is 0 Å². The number of anilines is 1. The molecule has 0 aliphatic rings. The molecule has 0 radical (unpaired) electrons. The highest BCUT2D eigenvalue weighted by atomic mass is 33.1. The van der Waals surface area contributed by atoms with E-state index in [1.165, 1.54) is 0 Å². The molecule has 10 nitrogen and oxygen atoms in total. The highest BCUT2D eigenvalue weighted by molar-refractivity contribution is 8.77. The number of ether oxygens (including phenoxy) is 5. The van der Waals surface area contributed by atoms with E-state index in [4.69, 9.17) is 23.7 Å². The number of benzene rings is 1. The summed E-state index contributed by atoms with van der Waals surface area (Å²) in [5.74, 6) is 0.329. The summed E-state index contributed by atoms with van der Waals surface area (Å²) in [5, 5.41) is 8.95. The van der Waals surface area contributed by atoms with E-state index in [1.807, 2.05) is 37.3 Å². The van der Waals surface area contributed by atoms with Gasteiger partial charge in [-0.25, -0.2) is 0 Å². The fraction of sp³-hybridized carbons (Fsp3) is 0.677. The Hall–Kier alpha value is -1.80. The monoisotopic (exact) mass is 643 g/mol. The van der Waals surface area contributed by atoms with Gasteiger partial charge < -0.3 is 39.6 Å². The van der Waals surface area contributed by atoms with E-state index < -0.39 is 0 Å². The van der Waals surface area contributed by atoms with Crippen molar-refractivity contribution in [3.63, 3.8) is 0 Å². The Labute approximate surface area is 266 Å². The highest BCUT2D eigenvalue weighted by Crippen LogP contribution is 2.38. The molecule has 43 heavy (non-hydrogen) atoms. The van der Waals surface area contributed by atoms with Crippen LogP contribution in [0.5, 0.6) is 5.75 Å². The van der Waals surface area contributed by atoms with Gasteiger partial charge in [0.1, 0.15) is 24.4 Å². The van der Waals surface area contributed by atoms with E-state index in [1.54, 1.807) is 27.7 Å². The molecule has 2 amide bonds. The summed E-state index contributed by atoms with van der Waals surface area (Å²) in [5.41, 5.74) is 0.390. The molecule has 0 spiro atoms. The van der Waals surface area contributed by atoms with Crippen molar-refractivity contribution in [2.75, 3.05) is 71.3 Å². The minimum atomic E-state index is -0.258. The minimum Gasteiger partial charge on any atom is -0.490 e. The molecule has 0 aromatic heterocycles. The van der Waals surface area contributed by atoms with Crippen molar-refractivity contribution in [2.24, 2.45) is 0 Å². The second-order valence-electron chi connectivity index (χ2n) is 10.8. The molecule has 1 aromatic rings. The summed E-state index contributed by atoms with van der Waals surface area (Å²) in [6.07, 6.45) is 5.10. The van der Waals surface area contributed by atoms with Crippen molar-refractivity contribution in [2.45, 2.75) is 70.6 Å². The second kappa shape index (κ2) is 24.5. The van der Waals surface area contributed by atoms with Gasteiger partial charge in [0.2, 0.25) is 11.8 Å². The fourth-order valence-electron chi connectivity index (χ4n) is 3.14. The van der Waals surface area contributed by atoms with Gasteiger partial charge in [0.15, 0.2) is 0 Å². The second-order valence-corrected chi connectivity index (χ2v) is 14.0. The minimum absolute atomic E-state index is 0.0100. The van der Waals surface area contributed by atoms with Crippen LogP contribution in [-0.2, 0) is 28.5 Å². The van der Waals surface area contributed by atoms with Crippen molar-refractivity contribution in [3.8, 4) is 5.75 Å². The third kappa shape index (κ3) is 24.2. The number of carbonyl (C=O) groups is 2. The lowest BCUT2D eigenvalue weighted by Crippen LogP contribution is -2.28. The SMILES string of the molecule is CC/C=C/CNC(=O)COCCOC(COc1cccc(NC(=O)CCOCCOCCNC(C)C)c1)SSC(C)(C)C. The van der Waals surface area contributed by atoms with Crippen LogP contribution in [0.4, 0.5) is 5.69 Å². The molecule has 0 heterocycles. The predicted molar refractivity (Wildman–Crippen MR) is 178 cm³/mol. The fourth-order valence-corrected chi connectivity index (χ4v) is 5.33. The van der Waals surface area contributed by atoms with Gasteiger partial charge in [-0.05, 0) is 18.6 Å². The molecule has 1 aromatic carbocycles. The zero-order valence-corrected chi connectivity index (χ0v) is 28.4. The third-order valence-electron chi connectivity index (χ3n) is 5.14. The molecular weight excluding hydrogens is 590 g/mol. The topological polar surface area (TPSA) is 116 Å². The summed E-state index contributed by atoms with van der Waals surface area (Å²) >= 11 is 0. The summed E-state index contributed by atoms with van der Waals surface area (Å²) < 4.78 is 28.5. The Morgan fingerprint density at radius 2 is 1.70 bits per heavy atom. The maximum Gasteiger partial charge on any atom is 0.246 e. The molecule has 0 aliphatic heterocycles. The van der Waals surface area contributed by atoms with E-state index in [0.717, 1.165) is 13.0 Å². The van der Waals surface area contributed by atoms with Gasteiger partial charge in [-0.1, -0.05) is 81.3 Å². The van der Waals surface area contributed by atoms with E-state index >= 15 is 0 Å². The number of allylic oxidation sites excluding steroid dienone is 1. The number of nitrogens with one attached hydrogen (secondary N) is 3. The number of rotatable bonds is 25. The van der Waals surface area contributed by atoms with E-state index in [0.29, 0.717) is 70.3 Å². The molecule has 1 atom stereocenters. The maximum absolute atomic E-state index is 12.4. The summed E-state index contributed by atoms with van der Waals surface area (Å²) in [6.45, 7) is 16.8. The van der Waals surface area contributed by atoms with Crippen LogP contribution in [0.25, 0.3) is 0 Å². The largest absolute Gasteiger partial charge is 0.490 e. The highest BCUT2D eigenvalue weighted by Gasteiger charge is 2.18. The summed E-state index contributed by atoms with van der Waals surface area (Å²) in [6, 6.07) is 7.71. The number of carbonyl (C=O) groups excluding carboxylic acids is 2. The van der Waals surface area contributed by atoms with Crippen molar-refractivity contribution in [1.29, 1.82) is 0 Å². The van der Waals surface area contributed by atoms with Gasteiger partial charge in [0.25, 0.3) is 0 Å². The Bertz CT molecular complexity index is 914. The van der Waals surface area contributed by atoms with Crippen LogP contribution in [0.2, 0.25) is 0 Å². The quantitative estimate of drug-likeness (QED) is 0.0579. The number of amides is 2. The first-order chi connectivity index (χ1) is 20.6. The van der Waals surface area contributed by atoms with Crippen molar-refractivity contribution in [1.82, 2.24) is 10.6 Å². The van der Waals surface area contributed by atoms with Crippen LogP contribution in [0.3, 0.4) is 0 Å². The standard InChI is InChI=1S/C31H53N3O7S2/c1-7-8-9-14-33-29(36)23-39-20-21-40-30(42-43-31(4,5)6)24-41-27-12-10-11-26(22-27)34-28(35)13-16-37-18-19-38-17-15-32-25(2)3/h8-12,22,25,30,32H,7,13-21,23-24H2,1-6H3,(H,33,36)(H,34,35)/b9-8+. The summed E-state index contributed by atoms with van der Waals surface area (Å²) in [4.78, 5) is 24.2. The predicted octanol–water partition coefficient (Wildman–Crippen LogP) is 5.05. The van der Waals surface area contributed by atoms with Gasteiger partial charge in [-0.2, -0.15) is 0 Å². The molecule has 0 fully saturated rings. The van der Waals surface area contributed by atoms with Gasteiger partial charge in [0, 0.05) is 35.6 Å². The van der Waals surface area contributed by atoms with Crippen LogP contribution in [0.15, 0.2) is 36.4 Å². The first kappa shape index (κ1) is 39.2. The third-order valence-corrected chi connectivity index (χ3v) is 8.65. The van der Waals surface area contributed by atoms with Crippen LogP contribution >= 0.6 is 21.6 Å². The number of hydrogen-bond donors (Lipinski definition) is 3. The Morgan fingerprint density at radius 1 is 0.953 bits per heavy atom.